The molecule has 0 bridgehead atoms. The van der Waals surface area contributed by atoms with Crippen molar-refractivity contribution in [3.63, 3.8) is 0 Å². The minimum Gasteiger partial charge on any atom is -0.480 e. The second-order valence-electron chi connectivity index (χ2n) is 4.56. The molecule has 1 aliphatic rings. The standard InChI is InChI=1S/C11H19NO4/c1-11(5-3-6-11)10(15)12-8(9(13)14)4-7-16-2/h8H,3-7H2,1-2H3,(H,12,15)(H,13,14). The zero-order valence-corrected chi connectivity index (χ0v) is 9.78. The predicted molar refractivity (Wildman–Crippen MR) is 58.0 cm³/mol. The first-order valence-corrected chi connectivity index (χ1v) is 5.52. The SMILES string of the molecule is COCCC(NC(=O)C1(C)CCC1)C(=O)O. The Hall–Kier alpha value is -1.10. The molecule has 0 heterocycles. The van der Waals surface area contributed by atoms with Gasteiger partial charge in [-0.3, -0.25) is 4.79 Å². The molecular formula is C11H19NO4. The highest BCUT2D eigenvalue weighted by atomic mass is 16.5. The lowest BCUT2D eigenvalue weighted by Crippen LogP contribution is -2.50. The van der Waals surface area contributed by atoms with Gasteiger partial charge in [0.25, 0.3) is 0 Å². The Balaban J connectivity index is 2.47. The molecule has 2 N–H and O–H groups in total. The van der Waals surface area contributed by atoms with Gasteiger partial charge in [-0.25, -0.2) is 4.79 Å². The third-order valence-electron chi connectivity index (χ3n) is 3.22. The lowest BCUT2D eigenvalue weighted by Gasteiger charge is -2.37. The van der Waals surface area contributed by atoms with Crippen LogP contribution in [0.5, 0.6) is 0 Å². The third-order valence-corrected chi connectivity index (χ3v) is 3.22. The summed E-state index contributed by atoms with van der Waals surface area (Å²) in [6.07, 6.45) is 3.03. The summed E-state index contributed by atoms with van der Waals surface area (Å²) in [5, 5.41) is 11.5. The van der Waals surface area contributed by atoms with E-state index >= 15 is 0 Å². The first-order valence-electron chi connectivity index (χ1n) is 5.52. The predicted octanol–water partition coefficient (Wildman–Crippen LogP) is 0.782. The lowest BCUT2D eigenvalue weighted by molar-refractivity contribution is -0.145. The van der Waals surface area contributed by atoms with E-state index in [1.165, 1.54) is 7.11 Å². The van der Waals surface area contributed by atoms with Gasteiger partial charge in [-0.05, 0) is 12.8 Å². The first-order chi connectivity index (χ1) is 7.49. The summed E-state index contributed by atoms with van der Waals surface area (Å²) in [6, 6.07) is -0.843. The second-order valence-corrected chi connectivity index (χ2v) is 4.56. The molecular weight excluding hydrogens is 210 g/mol. The highest BCUT2D eigenvalue weighted by Gasteiger charge is 2.40. The number of ether oxygens (including phenoxy) is 1. The number of nitrogens with one attached hydrogen (secondary N) is 1. The number of carbonyl (C=O) groups excluding carboxylic acids is 1. The Morgan fingerprint density at radius 2 is 2.12 bits per heavy atom. The fourth-order valence-electron chi connectivity index (χ4n) is 1.76. The number of hydrogen-bond acceptors (Lipinski definition) is 3. The van der Waals surface area contributed by atoms with Gasteiger partial charge < -0.3 is 15.2 Å². The largest absolute Gasteiger partial charge is 0.480 e. The van der Waals surface area contributed by atoms with Crippen molar-refractivity contribution in [2.75, 3.05) is 13.7 Å². The zero-order valence-electron chi connectivity index (χ0n) is 9.78. The first kappa shape index (κ1) is 13.0. The van der Waals surface area contributed by atoms with Gasteiger partial charge in [-0.2, -0.15) is 0 Å². The minimum atomic E-state index is -1.01. The molecule has 1 unspecified atom stereocenters. The molecule has 1 aliphatic carbocycles. The monoisotopic (exact) mass is 229 g/mol. The van der Waals surface area contributed by atoms with E-state index in [4.69, 9.17) is 9.84 Å². The summed E-state index contributed by atoms with van der Waals surface area (Å²) in [5.41, 5.74) is -0.360. The van der Waals surface area contributed by atoms with Gasteiger partial charge in [-0.1, -0.05) is 13.3 Å². The molecule has 0 aromatic rings. The van der Waals surface area contributed by atoms with Crippen LogP contribution in [0.3, 0.4) is 0 Å². The van der Waals surface area contributed by atoms with Crippen LogP contribution in [0.4, 0.5) is 0 Å². The van der Waals surface area contributed by atoms with Gasteiger partial charge >= 0.3 is 5.97 Å². The number of methoxy groups -OCH3 is 1. The van der Waals surface area contributed by atoms with Crippen LogP contribution in [0.1, 0.15) is 32.6 Å². The maximum atomic E-state index is 11.8. The summed E-state index contributed by atoms with van der Waals surface area (Å²) in [5.74, 6) is -1.16. The van der Waals surface area contributed by atoms with Crippen molar-refractivity contribution in [3.05, 3.63) is 0 Å². The Bertz CT molecular complexity index is 273. The van der Waals surface area contributed by atoms with E-state index in [1.54, 1.807) is 0 Å². The summed E-state index contributed by atoms with van der Waals surface area (Å²) in [4.78, 5) is 22.7. The molecule has 5 nitrogen and oxygen atoms in total. The average molecular weight is 229 g/mol. The molecule has 1 saturated carbocycles. The lowest BCUT2D eigenvalue weighted by atomic mass is 9.69. The number of amides is 1. The number of rotatable bonds is 6. The highest BCUT2D eigenvalue weighted by Crippen LogP contribution is 2.40. The Labute approximate surface area is 95.2 Å². The van der Waals surface area contributed by atoms with Crippen LogP contribution in [-0.4, -0.2) is 36.7 Å². The van der Waals surface area contributed by atoms with Crippen LogP contribution in [0.25, 0.3) is 0 Å². The van der Waals surface area contributed by atoms with Crippen molar-refractivity contribution < 1.29 is 19.4 Å². The second kappa shape index (κ2) is 5.30. The van der Waals surface area contributed by atoms with E-state index in [2.05, 4.69) is 5.32 Å². The van der Waals surface area contributed by atoms with Crippen molar-refractivity contribution in [3.8, 4) is 0 Å². The van der Waals surface area contributed by atoms with Crippen molar-refractivity contribution in [2.24, 2.45) is 5.41 Å². The van der Waals surface area contributed by atoms with Gasteiger partial charge in [0, 0.05) is 25.6 Å². The molecule has 1 atom stereocenters. The summed E-state index contributed by atoms with van der Waals surface area (Å²) < 4.78 is 4.82. The number of carboxylic acids is 1. The molecule has 0 saturated heterocycles. The highest BCUT2D eigenvalue weighted by molar-refractivity contribution is 5.87. The van der Waals surface area contributed by atoms with E-state index in [-0.39, 0.29) is 11.3 Å². The minimum absolute atomic E-state index is 0.151. The van der Waals surface area contributed by atoms with Crippen LogP contribution in [-0.2, 0) is 14.3 Å². The molecule has 5 heteroatoms. The molecule has 1 amide bonds. The van der Waals surface area contributed by atoms with Crippen molar-refractivity contribution in [2.45, 2.75) is 38.6 Å². The zero-order chi connectivity index (χ0) is 12.2. The number of aliphatic carboxylic acids is 1. The fourth-order valence-corrected chi connectivity index (χ4v) is 1.76. The molecule has 0 aromatic heterocycles. The van der Waals surface area contributed by atoms with Crippen molar-refractivity contribution >= 4 is 11.9 Å². The summed E-state index contributed by atoms with van der Waals surface area (Å²) in [6.45, 7) is 2.20. The molecule has 0 aliphatic heterocycles. The number of hydrogen-bond donors (Lipinski definition) is 2. The van der Waals surface area contributed by atoms with Gasteiger partial charge in [-0.15, -0.1) is 0 Å². The van der Waals surface area contributed by atoms with Gasteiger partial charge in [0.05, 0.1) is 0 Å². The molecule has 0 aromatic carbocycles. The van der Waals surface area contributed by atoms with E-state index in [0.717, 1.165) is 19.3 Å². The van der Waals surface area contributed by atoms with Gasteiger partial charge in [0.2, 0.25) is 5.91 Å². The fraction of sp³-hybridized carbons (Fsp3) is 0.818. The number of carboxylic acid groups (broad SMARTS) is 1. The molecule has 16 heavy (non-hydrogen) atoms. The van der Waals surface area contributed by atoms with E-state index in [9.17, 15) is 9.59 Å². The van der Waals surface area contributed by atoms with Gasteiger partial charge in [0.15, 0.2) is 0 Å². The third kappa shape index (κ3) is 2.95. The van der Waals surface area contributed by atoms with Crippen molar-refractivity contribution in [1.82, 2.24) is 5.32 Å². The van der Waals surface area contributed by atoms with Crippen LogP contribution in [0, 0.1) is 5.41 Å². The van der Waals surface area contributed by atoms with Crippen LogP contribution >= 0.6 is 0 Å². The van der Waals surface area contributed by atoms with Crippen LogP contribution < -0.4 is 5.32 Å². The van der Waals surface area contributed by atoms with E-state index in [0.29, 0.717) is 13.0 Å². The Kier molecular flexibility index (Phi) is 4.29. The molecule has 0 spiro atoms. The molecule has 92 valence electrons. The van der Waals surface area contributed by atoms with E-state index < -0.39 is 12.0 Å². The van der Waals surface area contributed by atoms with Gasteiger partial charge in [0.1, 0.15) is 6.04 Å². The quantitative estimate of drug-likeness (QED) is 0.705. The molecule has 1 rings (SSSR count). The Morgan fingerprint density at radius 1 is 1.50 bits per heavy atom. The molecule has 0 radical (unpaired) electrons. The van der Waals surface area contributed by atoms with Crippen molar-refractivity contribution in [1.29, 1.82) is 0 Å². The maximum Gasteiger partial charge on any atom is 0.326 e. The van der Waals surface area contributed by atoms with E-state index in [1.807, 2.05) is 6.92 Å². The Morgan fingerprint density at radius 3 is 2.50 bits per heavy atom. The summed E-state index contributed by atoms with van der Waals surface area (Å²) in [7, 11) is 1.51. The molecule has 1 fully saturated rings. The van der Waals surface area contributed by atoms with Crippen LogP contribution in [0.2, 0.25) is 0 Å². The number of carbonyl (C=O) groups is 2. The normalized spacial score (nSPS) is 19.6. The topological polar surface area (TPSA) is 75.6 Å². The average Bonchev–Trinajstić information content (AvgIpc) is 2.19. The summed E-state index contributed by atoms with van der Waals surface area (Å²) >= 11 is 0. The maximum absolute atomic E-state index is 11.8. The smallest absolute Gasteiger partial charge is 0.326 e. The van der Waals surface area contributed by atoms with Crippen LogP contribution in [0.15, 0.2) is 0 Å².